The number of hydrogen-bond donors (Lipinski definition) is 1. The third-order valence-electron chi connectivity index (χ3n) is 5.91. The van der Waals surface area contributed by atoms with Gasteiger partial charge in [-0.1, -0.05) is 0 Å². The summed E-state index contributed by atoms with van der Waals surface area (Å²) in [5.41, 5.74) is 0.240. The minimum atomic E-state index is 0.240. The molecule has 0 amide bonds. The van der Waals surface area contributed by atoms with E-state index in [-0.39, 0.29) is 5.60 Å². The topological polar surface area (TPSA) is 24.5 Å². The Bertz CT molecular complexity index is 339. The lowest BCUT2D eigenvalue weighted by Crippen LogP contribution is -2.54. The maximum atomic E-state index is 6.21. The Morgan fingerprint density at radius 2 is 2.20 bits per heavy atom. The van der Waals surface area contributed by atoms with Crippen LogP contribution in [0.2, 0.25) is 0 Å². The van der Waals surface area contributed by atoms with E-state index in [1.165, 1.54) is 69.5 Å². The predicted molar refractivity (Wildman–Crippen MR) is 84.4 cm³/mol. The number of nitrogens with one attached hydrogen (secondary N) is 1. The maximum absolute atomic E-state index is 6.21. The molecular weight excluding hydrogens is 268 g/mol. The largest absolute Gasteiger partial charge is 0.374 e. The summed E-state index contributed by atoms with van der Waals surface area (Å²) in [6.07, 6.45) is 9.43. The summed E-state index contributed by atoms with van der Waals surface area (Å²) >= 11 is 2.09. The Hall–Kier alpha value is 0.230. The van der Waals surface area contributed by atoms with Crippen LogP contribution in [0.25, 0.3) is 0 Å². The van der Waals surface area contributed by atoms with Crippen LogP contribution in [0.5, 0.6) is 0 Å². The zero-order valence-electron chi connectivity index (χ0n) is 12.5. The van der Waals surface area contributed by atoms with Crippen molar-refractivity contribution in [3.05, 3.63) is 0 Å². The Kier molecular flexibility index (Phi) is 4.01. The average Bonchev–Trinajstić information content (AvgIpc) is 3.20. The first kappa shape index (κ1) is 13.9. The minimum Gasteiger partial charge on any atom is -0.374 e. The summed E-state index contributed by atoms with van der Waals surface area (Å²) in [4.78, 5) is 2.87. The van der Waals surface area contributed by atoms with Crippen LogP contribution < -0.4 is 5.32 Å². The van der Waals surface area contributed by atoms with Gasteiger partial charge in [0.25, 0.3) is 0 Å². The van der Waals surface area contributed by atoms with Gasteiger partial charge in [0.05, 0.1) is 5.60 Å². The Morgan fingerprint density at radius 3 is 3.00 bits per heavy atom. The maximum Gasteiger partial charge on any atom is 0.0795 e. The van der Waals surface area contributed by atoms with E-state index in [1.807, 2.05) is 0 Å². The zero-order valence-corrected chi connectivity index (χ0v) is 13.3. The summed E-state index contributed by atoms with van der Waals surface area (Å²) in [6.45, 7) is 3.56. The highest BCUT2D eigenvalue weighted by Crippen LogP contribution is 2.41. The molecule has 0 radical (unpaired) electrons. The van der Waals surface area contributed by atoms with Crippen molar-refractivity contribution in [1.82, 2.24) is 10.2 Å². The first-order valence-corrected chi connectivity index (χ1v) is 9.73. The fourth-order valence-corrected chi connectivity index (χ4v) is 6.27. The van der Waals surface area contributed by atoms with Gasteiger partial charge in [0, 0.05) is 30.5 Å². The van der Waals surface area contributed by atoms with Gasteiger partial charge in [-0.15, -0.1) is 0 Å². The van der Waals surface area contributed by atoms with Crippen LogP contribution in [0, 0.1) is 0 Å². The van der Waals surface area contributed by atoms with E-state index in [9.17, 15) is 0 Å². The molecule has 4 heterocycles. The molecule has 0 saturated carbocycles. The molecule has 3 nitrogen and oxygen atoms in total. The molecule has 4 saturated heterocycles. The van der Waals surface area contributed by atoms with E-state index in [0.717, 1.165) is 24.7 Å². The lowest BCUT2D eigenvalue weighted by molar-refractivity contribution is -0.0924. The lowest BCUT2D eigenvalue weighted by Gasteiger charge is -2.44. The highest BCUT2D eigenvalue weighted by atomic mass is 32.2. The number of rotatable bonds is 2. The SMILES string of the molecule is C1CNC(C2CCCN2C2CCOC3(CCSC3)C2)C1. The molecule has 1 N–H and O–H groups in total. The highest BCUT2D eigenvalue weighted by Gasteiger charge is 2.45. The Morgan fingerprint density at radius 1 is 1.20 bits per heavy atom. The molecule has 0 aromatic rings. The van der Waals surface area contributed by atoms with Gasteiger partial charge in [-0.05, 0) is 63.8 Å². The van der Waals surface area contributed by atoms with Gasteiger partial charge >= 0.3 is 0 Å². The fourth-order valence-electron chi connectivity index (χ4n) is 4.89. The second kappa shape index (κ2) is 5.79. The standard InChI is InChI=1S/C16H28N2OS/c1-3-14(17-7-1)15-4-2-8-18(15)13-5-9-19-16(11-13)6-10-20-12-16/h13-15,17H,1-12H2. The van der Waals surface area contributed by atoms with Crippen molar-refractivity contribution < 1.29 is 4.74 Å². The van der Waals surface area contributed by atoms with E-state index in [2.05, 4.69) is 22.0 Å². The molecule has 0 aromatic carbocycles. The molecule has 4 aliphatic rings. The molecule has 0 bridgehead atoms. The van der Waals surface area contributed by atoms with Crippen molar-refractivity contribution >= 4 is 11.8 Å². The molecule has 0 aromatic heterocycles. The lowest BCUT2D eigenvalue weighted by atomic mass is 9.88. The summed E-state index contributed by atoms with van der Waals surface area (Å²) < 4.78 is 6.21. The molecule has 1 spiro atoms. The van der Waals surface area contributed by atoms with E-state index >= 15 is 0 Å². The van der Waals surface area contributed by atoms with Crippen LogP contribution in [0.3, 0.4) is 0 Å². The smallest absolute Gasteiger partial charge is 0.0795 e. The molecule has 4 unspecified atom stereocenters. The highest BCUT2D eigenvalue weighted by molar-refractivity contribution is 7.99. The summed E-state index contributed by atoms with van der Waals surface area (Å²) in [5.74, 6) is 2.55. The van der Waals surface area contributed by atoms with Crippen LogP contribution in [0.15, 0.2) is 0 Å². The van der Waals surface area contributed by atoms with E-state index in [4.69, 9.17) is 4.74 Å². The van der Waals surface area contributed by atoms with Crippen LogP contribution in [-0.2, 0) is 4.74 Å². The number of thioether (sulfide) groups is 1. The van der Waals surface area contributed by atoms with Crippen molar-refractivity contribution in [2.45, 2.75) is 68.7 Å². The number of nitrogens with zero attached hydrogens (tertiary/aromatic N) is 1. The normalized spacial score (nSPS) is 46.5. The second-order valence-electron chi connectivity index (χ2n) is 7.13. The van der Waals surface area contributed by atoms with Gasteiger partial charge in [-0.3, -0.25) is 4.90 Å². The summed E-state index contributed by atoms with van der Waals surface area (Å²) in [7, 11) is 0. The van der Waals surface area contributed by atoms with Crippen molar-refractivity contribution in [3.63, 3.8) is 0 Å². The average molecular weight is 296 g/mol. The quantitative estimate of drug-likeness (QED) is 0.845. The number of ether oxygens (including phenoxy) is 1. The van der Waals surface area contributed by atoms with Gasteiger partial charge in [0.2, 0.25) is 0 Å². The van der Waals surface area contributed by atoms with Gasteiger partial charge in [-0.25, -0.2) is 0 Å². The first-order valence-electron chi connectivity index (χ1n) is 8.57. The Labute approximate surface area is 127 Å². The van der Waals surface area contributed by atoms with Crippen molar-refractivity contribution in [1.29, 1.82) is 0 Å². The molecule has 4 rings (SSSR count). The third kappa shape index (κ3) is 2.53. The van der Waals surface area contributed by atoms with E-state index in [0.29, 0.717) is 0 Å². The molecule has 4 heteroatoms. The van der Waals surface area contributed by atoms with Crippen LogP contribution >= 0.6 is 11.8 Å². The molecule has 4 aliphatic heterocycles. The number of hydrogen-bond acceptors (Lipinski definition) is 4. The van der Waals surface area contributed by atoms with Crippen LogP contribution in [-0.4, -0.2) is 59.8 Å². The summed E-state index contributed by atoms with van der Waals surface area (Å²) in [6, 6.07) is 2.37. The third-order valence-corrected chi connectivity index (χ3v) is 7.13. The molecule has 4 fully saturated rings. The monoisotopic (exact) mass is 296 g/mol. The summed E-state index contributed by atoms with van der Waals surface area (Å²) in [5, 5.41) is 3.75. The minimum absolute atomic E-state index is 0.240. The van der Waals surface area contributed by atoms with Gasteiger partial charge in [-0.2, -0.15) is 11.8 Å². The van der Waals surface area contributed by atoms with Crippen molar-refractivity contribution in [3.8, 4) is 0 Å². The predicted octanol–water partition coefficient (Wildman–Crippen LogP) is 2.26. The van der Waals surface area contributed by atoms with Crippen LogP contribution in [0.4, 0.5) is 0 Å². The molecule has 114 valence electrons. The van der Waals surface area contributed by atoms with Gasteiger partial charge in [0.15, 0.2) is 0 Å². The molecule has 0 aliphatic carbocycles. The van der Waals surface area contributed by atoms with E-state index in [1.54, 1.807) is 0 Å². The zero-order chi connectivity index (χ0) is 13.4. The molecular formula is C16H28N2OS. The van der Waals surface area contributed by atoms with Crippen LogP contribution in [0.1, 0.15) is 44.9 Å². The first-order chi connectivity index (χ1) is 9.86. The number of likely N-dealkylation sites (tertiary alicyclic amines) is 1. The van der Waals surface area contributed by atoms with Gasteiger partial charge in [0.1, 0.15) is 0 Å². The van der Waals surface area contributed by atoms with E-state index < -0.39 is 0 Å². The molecule has 4 atom stereocenters. The van der Waals surface area contributed by atoms with Gasteiger partial charge < -0.3 is 10.1 Å². The Balaban J connectivity index is 1.45. The second-order valence-corrected chi connectivity index (χ2v) is 8.24. The molecule has 20 heavy (non-hydrogen) atoms. The fraction of sp³-hybridized carbons (Fsp3) is 1.00. The van der Waals surface area contributed by atoms with Crippen molar-refractivity contribution in [2.24, 2.45) is 0 Å². The van der Waals surface area contributed by atoms with Crippen molar-refractivity contribution in [2.75, 3.05) is 31.2 Å².